The smallest absolute Gasteiger partial charge is 0.347 e. The predicted molar refractivity (Wildman–Crippen MR) is 93.5 cm³/mol. The fraction of sp³-hybridized carbons (Fsp3) is 0.353. The van der Waals surface area contributed by atoms with Crippen LogP contribution < -0.4 is 14.8 Å². The predicted octanol–water partition coefficient (Wildman–Crippen LogP) is 2.42. The summed E-state index contributed by atoms with van der Waals surface area (Å²) in [7, 11) is 1.56. The summed E-state index contributed by atoms with van der Waals surface area (Å²) in [5, 5.41) is 12.3. The van der Waals surface area contributed by atoms with Gasteiger partial charge in [0.15, 0.2) is 11.5 Å². The number of aryl methyl sites for hydroxylation is 1. The Morgan fingerprint density at radius 2 is 2.12 bits per heavy atom. The highest BCUT2D eigenvalue weighted by Crippen LogP contribution is 2.31. The molecule has 2 aromatic rings. The van der Waals surface area contributed by atoms with Gasteiger partial charge in [-0.3, -0.25) is 4.79 Å². The Kier molecular flexibility index (Phi) is 6.35. The summed E-state index contributed by atoms with van der Waals surface area (Å²) in [4.78, 5) is 27.5. The van der Waals surface area contributed by atoms with Crippen LogP contribution in [0.25, 0.3) is 0 Å². The average molecular weight is 364 g/mol. The number of aromatic nitrogens is 1. The van der Waals surface area contributed by atoms with E-state index in [4.69, 9.17) is 14.6 Å². The van der Waals surface area contributed by atoms with E-state index < -0.39 is 5.97 Å². The molecule has 0 spiro atoms. The zero-order valence-corrected chi connectivity index (χ0v) is 15.1. The molecule has 0 saturated carbocycles. The highest BCUT2D eigenvalue weighted by atomic mass is 32.1. The van der Waals surface area contributed by atoms with Crippen LogP contribution in [0.2, 0.25) is 0 Å². The third-order valence-corrected chi connectivity index (χ3v) is 4.54. The second-order valence-corrected chi connectivity index (χ2v) is 6.25. The molecule has 134 valence electrons. The number of carboxylic acids is 1. The molecule has 7 nitrogen and oxygen atoms in total. The van der Waals surface area contributed by atoms with E-state index in [1.54, 1.807) is 20.1 Å². The fourth-order valence-electron chi connectivity index (χ4n) is 2.29. The molecule has 0 aliphatic carbocycles. The molecule has 0 unspecified atom stereocenters. The molecule has 8 heteroatoms. The first-order valence-corrected chi connectivity index (χ1v) is 8.52. The van der Waals surface area contributed by atoms with Crippen molar-refractivity contribution in [2.24, 2.45) is 0 Å². The van der Waals surface area contributed by atoms with Crippen molar-refractivity contribution in [2.45, 2.75) is 26.8 Å². The zero-order chi connectivity index (χ0) is 18.4. The fourth-order valence-corrected chi connectivity index (χ4v) is 3.19. The van der Waals surface area contributed by atoms with Crippen LogP contribution in [0.5, 0.6) is 11.5 Å². The quantitative estimate of drug-likeness (QED) is 0.746. The van der Waals surface area contributed by atoms with Crippen molar-refractivity contribution in [3.05, 3.63) is 39.3 Å². The summed E-state index contributed by atoms with van der Waals surface area (Å²) >= 11 is 1.02. The maximum atomic E-state index is 12.1. The van der Waals surface area contributed by atoms with Gasteiger partial charge < -0.3 is 19.9 Å². The number of amides is 1. The Labute approximate surface area is 149 Å². The van der Waals surface area contributed by atoms with E-state index in [0.29, 0.717) is 28.8 Å². The summed E-state index contributed by atoms with van der Waals surface area (Å²) in [6, 6.07) is 5.47. The minimum atomic E-state index is -1.03. The Bertz CT molecular complexity index is 772. The molecule has 0 aliphatic rings. The molecule has 1 aromatic carbocycles. The van der Waals surface area contributed by atoms with E-state index in [1.165, 1.54) is 0 Å². The van der Waals surface area contributed by atoms with Gasteiger partial charge in [0.05, 0.1) is 25.8 Å². The second-order valence-electron chi connectivity index (χ2n) is 5.16. The molecular formula is C17H20N2O5S. The number of para-hydroxylation sites is 1. The highest BCUT2D eigenvalue weighted by Gasteiger charge is 2.16. The number of hydrogen-bond donors (Lipinski definition) is 2. The number of aromatic carboxylic acids is 1. The number of nitrogens with one attached hydrogen (secondary N) is 1. The summed E-state index contributed by atoms with van der Waals surface area (Å²) < 4.78 is 10.9. The summed E-state index contributed by atoms with van der Waals surface area (Å²) in [5.74, 6) is -0.0587. The highest BCUT2D eigenvalue weighted by molar-refractivity contribution is 7.13. The number of carbonyl (C=O) groups is 2. The van der Waals surface area contributed by atoms with Crippen molar-refractivity contribution in [3.63, 3.8) is 0 Å². The van der Waals surface area contributed by atoms with E-state index in [1.807, 2.05) is 19.1 Å². The van der Waals surface area contributed by atoms with Gasteiger partial charge in [-0.25, -0.2) is 9.78 Å². The normalized spacial score (nSPS) is 10.4. The van der Waals surface area contributed by atoms with Crippen molar-refractivity contribution in [1.82, 2.24) is 10.3 Å². The van der Waals surface area contributed by atoms with Gasteiger partial charge in [-0.05, 0) is 19.9 Å². The lowest BCUT2D eigenvalue weighted by Gasteiger charge is -2.14. The Balaban J connectivity index is 2.03. The first-order valence-electron chi connectivity index (χ1n) is 7.71. The van der Waals surface area contributed by atoms with Crippen LogP contribution in [-0.4, -0.2) is 35.7 Å². The molecule has 2 rings (SSSR count). The topological polar surface area (TPSA) is 97.8 Å². The van der Waals surface area contributed by atoms with Crippen LogP contribution >= 0.6 is 11.3 Å². The lowest BCUT2D eigenvalue weighted by molar-refractivity contribution is -0.120. The molecule has 0 radical (unpaired) electrons. The van der Waals surface area contributed by atoms with Crippen molar-refractivity contribution in [2.75, 3.05) is 13.7 Å². The molecule has 0 bridgehead atoms. The number of carboxylic acid groups (broad SMARTS) is 1. The van der Waals surface area contributed by atoms with Crippen molar-refractivity contribution in [1.29, 1.82) is 0 Å². The average Bonchev–Trinajstić information content (AvgIpc) is 2.94. The first kappa shape index (κ1) is 18.7. The van der Waals surface area contributed by atoms with Gasteiger partial charge in [0.2, 0.25) is 5.91 Å². The molecule has 1 aromatic heterocycles. The van der Waals surface area contributed by atoms with Crippen LogP contribution in [0.4, 0.5) is 0 Å². The van der Waals surface area contributed by atoms with E-state index in [9.17, 15) is 9.59 Å². The van der Waals surface area contributed by atoms with Crippen LogP contribution in [0.3, 0.4) is 0 Å². The minimum absolute atomic E-state index is 0.0344. The van der Waals surface area contributed by atoms with Gasteiger partial charge in [0.25, 0.3) is 0 Å². The molecule has 0 fully saturated rings. The number of rotatable bonds is 8. The monoisotopic (exact) mass is 364 g/mol. The largest absolute Gasteiger partial charge is 0.493 e. The number of methoxy groups -OCH3 is 1. The van der Waals surface area contributed by atoms with Crippen LogP contribution in [-0.2, 0) is 17.8 Å². The molecule has 1 amide bonds. The Morgan fingerprint density at radius 3 is 2.72 bits per heavy atom. The number of carbonyl (C=O) groups excluding carboxylic acids is 1. The van der Waals surface area contributed by atoms with E-state index in [0.717, 1.165) is 16.9 Å². The zero-order valence-electron chi connectivity index (χ0n) is 14.3. The Morgan fingerprint density at radius 1 is 1.36 bits per heavy atom. The van der Waals surface area contributed by atoms with Gasteiger partial charge in [0, 0.05) is 12.1 Å². The lowest BCUT2D eigenvalue weighted by atomic mass is 10.2. The van der Waals surface area contributed by atoms with Gasteiger partial charge in [-0.1, -0.05) is 12.1 Å². The third kappa shape index (κ3) is 4.69. The van der Waals surface area contributed by atoms with Crippen molar-refractivity contribution in [3.8, 4) is 11.5 Å². The SMILES string of the molecule is CCOc1c(CNC(=O)Cc2nc(C)c(C(=O)O)s2)cccc1OC. The number of ether oxygens (including phenoxy) is 2. The second kappa shape index (κ2) is 8.48. The van der Waals surface area contributed by atoms with Crippen molar-refractivity contribution < 1.29 is 24.2 Å². The molecule has 25 heavy (non-hydrogen) atoms. The number of hydrogen-bond acceptors (Lipinski definition) is 6. The number of thiazole rings is 1. The molecule has 0 atom stereocenters. The Hall–Kier alpha value is -2.61. The number of nitrogens with zero attached hydrogens (tertiary/aromatic N) is 1. The molecule has 0 saturated heterocycles. The molecule has 2 N–H and O–H groups in total. The minimum Gasteiger partial charge on any atom is -0.493 e. The maximum absolute atomic E-state index is 12.1. The van der Waals surface area contributed by atoms with Crippen molar-refractivity contribution >= 4 is 23.2 Å². The maximum Gasteiger partial charge on any atom is 0.347 e. The summed E-state index contributed by atoms with van der Waals surface area (Å²) in [5.41, 5.74) is 1.22. The molecular weight excluding hydrogens is 344 g/mol. The van der Waals surface area contributed by atoms with Gasteiger partial charge in [-0.2, -0.15) is 0 Å². The van der Waals surface area contributed by atoms with Gasteiger partial charge in [0.1, 0.15) is 9.88 Å². The van der Waals surface area contributed by atoms with E-state index in [2.05, 4.69) is 10.3 Å². The lowest BCUT2D eigenvalue weighted by Crippen LogP contribution is -2.24. The van der Waals surface area contributed by atoms with Gasteiger partial charge in [-0.15, -0.1) is 11.3 Å². The number of benzene rings is 1. The van der Waals surface area contributed by atoms with Crippen LogP contribution in [0.15, 0.2) is 18.2 Å². The third-order valence-electron chi connectivity index (χ3n) is 3.39. The van der Waals surface area contributed by atoms with Crippen LogP contribution in [0, 0.1) is 6.92 Å². The van der Waals surface area contributed by atoms with Gasteiger partial charge >= 0.3 is 5.97 Å². The molecule has 0 aliphatic heterocycles. The standard InChI is InChI=1S/C17H20N2O5S/c1-4-24-15-11(6-5-7-12(15)23-3)9-18-13(20)8-14-19-10(2)16(25-14)17(21)22/h5-7H,4,8-9H2,1-3H3,(H,18,20)(H,21,22). The molecule has 1 heterocycles. The first-order chi connectivity index (χ1) is 12.0. The van der Waals surface area contributed by atoms with E-state index in [-0.39, 0.29) is 23.7 Å². The van der Waals surface area contributed by atoms with E-state index >= 15 is 0 Å². The summed E-state index contributed by atoms with van der Waals surface area (Å²) in [6.07, 6.45) is 0.0344. The van der Waals surface area contributed by atoms with Crippen LogP contribution in [0.1, 0.15) is 32.9 Å². The summed E-state index contributed by atoms with van der Waals surface area (Å²) in [6.45, 7) is 4.25.